The Morgan fingerprint density at radius 2 is 2.09 bits per heavy atom. The third kappa shape index (κ3) is 3.65. The zero-order valence-corrected chi connectivity index (χ0v) is 14.2. The van der Waals surface area contributed by atoms with E-state index in [2.05, 4.69) is 0 Å². The molecule has 2 atom stereocenters. The summed E-state index contributed by atoms with van der Waals surface area (Å²) in [6.07, 6.45) is 0. The number of esters is 1. The molecular weight excluding hydrogens is 298 g/mol. The van der Waals surface area contributed by atoms with Crippen LogP contribution in [0.1, 0.15) is 31.1 Å². The summed E-state index contributed by atoms with van der Waals surface area (Å²) >= 11 is 0. The Morgan fingerprint density at radius 1 is 1.35 bits per heavy atom. The minimum atomic E-state index is -1.04. The van der Waals surface area contributed by atoms with Gasteiger partial charge in [0.1, 0.15) is 18.0 Å². The molecule has 0 spiro atoms. The molecule has 128 valence electrons. The number of ether oxygens (including phenoxy) is 3. The average Bonchev–Trinajstić information content (AvgIpc) is 2.76. The van der Waals surface area contributed by atoms with Crippen molar-refractivity contribution in [3.8, 4) is 0 Å². The second-order valence-corrected chi connectivity index (χ2v) is 6.18. The highest BCUT2D eigenvalue weighted by atomic mass is 16.7. The third-order valence-electron chi connectivity index (χ3n) is 4.35. The van der Waals surface area contributed by atoms with Gasteiger partial charge >= 0.3 is 5.97 Å². The van der Waals surface area contributed by atoms with Crippen LogP contribution in [0.4, 0.5) is 5.69 Å². The smallest absolute Gasteiger partial charge is 0.338 e. The number of methoxy groups -OCH3 is 1. The second kappa shape index (κ2) is 6.86. The highest BCUT2D eigenvalue weighted by Gasteiger charge is 2.52. The number of nitrogens with zero attached hydrogens (tertiary/aromatic N) is 1. The van der Waals surface area contributed by atoms with Crippen molar-refractivity contribution >= 4 is 11.7 Å². The topological polar surface area (TPSA) is 68.2 Å². The standard InChI is InChI=1S/C17H25NO5/c1-5-22-15(19)13-7-6-8-14(9-13)18-10-16(2,20)17(3,11-18)23-12-21-4/h6-9,20H,5,10-12H2,1-4H3. The quantitative estimate of drug-likeness (QED) is 0.636. The minimum Gasteiger partial charge on any atom is -0.462 e. The Balaban J connectivity index is 2.20. The maximum Gasteiger partial charge on any atom is 0.338 e. The average molecular weight is 323 g/mol. The lowest BCUT2D eigenvalue weighted by Gasteiger charge is -2.34. The van der Waals surface area contributed by atoms with E-state index >= 15 is 0 Å². The first-order valence-electron chi connectivity index (χ1n) is 7.70. The number of carbonyl (C=O) groups excluding carboxylic acids is 1. The van der Waals surface area contributed by atoms with Gasteiger partial charge in [0.2, 0.25) is 0 Å². The largest absolute Gasteiger partial charge is 0.462 e. The normalized spacial score (nSPS) is 27.3. The van der Waals surface area contributed by atoms with Gasteiger partial charge in [-0.25, -0.2) is 4.79 Å². The maximum absolute atomic E-state index is 11.9. The highest BCUT2D eigenvalue weighted by molar-refractivity contribution is 5.90. The van der Waals surface area contributed by atoms with Crippen LogP contribution < -0.4 is 4.90 Å². The van der Waals surface area contributed by atoms with Crippen LogP contribution >= 0.6 is 0 Å². The van der Waals surface area contributed by atoms with Gasteiger partial charge in [-0.3, -0.25) is 0 Å². The second-order valence-electron chi connectivity index (χ2n) is 6.18. The molecule has 1 aromatic carbocycles. The molecule has 2 unspecified atom stereocenters. The van der Waals surface area contributed by atoms with Crippen LogP contribution in [0.15, 0.2) is 24.3 Å². The van der Waals surface area contributed by atoms with Crippen molar-refractivity contribution in [2.24, 2.45) is 0 Å². The fraction of sp³-hybridized carbons (Fsp3) is 0.588. The molecule has 6 heteroatoms. The van der Waals surface area contributed by atoms with Gasteiger partial charge in [-0.1, -0.05) is 6.07 Å². The molecule has 0 radical (unpaired) electrons. The van der Waals surface area contributed by atoms with Crippen molar-refractivity contribution in [1.82, 2.24) is 0 Å². The first-order valence-corrected chi connectivity index (χ1v) is 7.70. The molecule has 1 aromatic rings. The molecule has 1 fully saturated rings. The summed E-state index contributed by atoms with van der Waals surface area (Å²) in [5, 5.41) is 10.7. The van der Waals surface area contributed by atoms with Crippen LogP contribution in [0.2, 0.25) is 0 Å². The van der Waals surface area contributed by atoms with Gasteiger partial charge in [-0.15, -0.1) is 0 Å². The summed E-state index contributed by atoms with van der Waals surface area (Å²) in [7, 11) is 1.55. The predicted molar refractivity (Wildman–Crippen MR) is 86.6 cm³/mol. The summed E-state index contributed by atoms with van der Waals surface area (Å²) in [4.78, 5) is 13.9. The van der Waals surface area contributed by atoms with Crippen LogP contribution in [0, 0.1) is 0 Å². The molecule has 23 heavy (non-hydrogen) atoms. The number of hydrogen-bond donors (Lipinski definition) is 1. The molecule has 0 bridgehead atoms. The van der Waals surface area contributed by atoms with E-state index in [1.54, 1.807) is 33.1 Å². The molecular formula is C17H25NO5. The van der Waals surface area contributed by atoms with E-state index in [-0.39, 0.29) is 12.8 Å². The van der Waals surface area contributed by atoms with Gasteiger partial charge in [-0.05, 0) is 39.0 Å². The molecule has 0 aliphatic carbocycles. The lowest BCUT2D eigenvalue weighted by molar-refractivity contribution is -0.182. The fourth-order valence-corrected chi connectivity index (χ4v) is 2.75. The van der Waals surface area contributed by atoms with E-state index in [1.165, 1.54) is 0 Å². The van der Waals surface area contributed by atoms with E-state index in [0.29, 0.717) is 25.3 Å². The van der Waals surface area contributed by atoms with Crippen molar-refractivity contribution < 1.29 is 24.1 Å². The summed E-state index contributed by atoms with van der Waals surface area (Å²) in [6.45, 7) is 6.74. The summed E-state index contributed by atoms with van der Waals surface area (Å²) in [5.74, 6) is -0.348. The Labute approximate surface area is 136 Å². The highest BCUT2D eigenvalue weighted by Crippen LogP contribution is 2.37. The molecule has 1 saturated heterocycles. The van der Waals surface area contributed by atoms with E-state index < -0.39 is 11.2 Å². The van der Waals surface area contributed by atoms with Crippen LogP contribution in [-0.2, 0) is 14.2 Å². The molecule has 1 aliphatic rings. The summed E-state index contributed by atoms with van der Waals surface area (Å²) < 4.78 is 15.7. The van der Waals surface area contributed by atoms with Crippen molar-refractivity contribution in [1.29, 1.82) is 0 Å². The molecule has 6 nitrogen and oxygen atoms in total. The molecule has 1 heterocycles. The molecule has 1 N–H and O–H groups in total. The van der Waals surface area contributed by atoms with Crippen LogP contribution in [0.5, 0.6) is 0 Å². The number of anilines is 1. The number of carbonyl (C=O) groups is 1. The lowest BCUT2D eigenvalue weighted by Crippen LogP contribution is -2.51. The Hall–Kier alpha value is -1.63. The Bertz CT molecular complexity index is 560. The van der Waals surface area contributed by atoms with Crippen LogP contribution in [0.3, 0.4) is 0 Å². The van der Waals surface area contributed by atoms with E-state index in [1.807, 2.05) is 24.0 Å². The number of benzene rings is 1. The third-order valence-corrected chi connectivity index (χ3v) is 4.35. The van der Waals surface area contributed by atoms with Crippen molar-refractivity contribution in [3.63, 3.8) is 0 Å². The molecule has 0 amide bonds. The van der Waals surface area contributed by atoms with E-state index in [4.69, 9.17) is 14.2 Å². The number of hydrogen-bond acceptors (Lipinski definition) is 6. The molecule has 0 aromatic heterocycles. The number of rotatable bonds is 6. The van der Waals surface area contributed by atoms with E-state index in [9.17, 15) is 9.90 Å². The van der Waals surface area contributed by atoms with Crippen molar-refractivity contribution in [2.75, 3.05) is 38.5 Å². The molecule has 2 rings (SSSR count). The van der Waals surface area contributed by atoms with Gasteiger partial charge < -0.3 is 24.2 Å². The maximum atomic E-state index is 11.9. The van der Waals surface area contributed by atoms with E-state index in [0.717, 1.165) is 5.69 Å². The van der Waals surface area contributed by atoms with Gasteiger partial charge in [0.05, 0.1) is 12.2 Å². The minimum absolute atomic E-state index is 0.114. The van der Waals surface area contributed by atoms with Crippen molar-refractivity contribution in [3.05, 3.63) is 29.8 Å². The van der Waals surface area contributed by atoms with Gasteiger partial charge in [-0.2, -0.15) is 0 Å². The monoisotopic (exact) mass is 323 g/mol. The lowest BCUT2D eigenvalue weighted by atomic mass is 9.90. The number of β-amino-alcohol motifs (C(OH)–C–C–N with tert-alkyl or cyclic N) is 1. The van der Waals surface area contributed by atoms with Crippen LogP contribution in [-0.4, -0.2) is 55.9 Å². The summed E-state index contributed by atoms with van der Waals surface area (Å²) in [6, 6.07) is 7.20. The van der Waals surface area contributed by atoms with Crippen molar-refractivity contribution in [2.45, 2.75) is 32.0 Å². The SMILES string of the molecule is CCOC(=O)c1cccc(N2CC(C)(O)C(C)(OCOC)C2)c1. The number of aliphatic hydroxyl groups is 1. The van der Waals surface area contributed by atoms with Gasteiger partial charge in [0.15, 0.2) is 0 Å². The Morgan fingerprint density at radius 3 is 2.74 bits per heavy atom. The van der Waals surface area contributed by atoms with Gasteiger partial charge in [0, 0.05) is 25.9 Å². The molecule has 0 saturated carbocycles. The zero-order chi connectivity index (χ0) is 17.1. The first-order chi connectivity index (χ1) is 10.8. The molecule has 1 aliphatic heterocycles. The van der Waals surface area contributed by atoms with Crippen LogP contribution in [0.25, 0.3) is 0 Å². The first kappa shape index (κ1) is 17.7. The Kier molecular flexibility index (Phi) is 5.29. The zero-order valence-electron chi connectivity index (χ0n) is 14.2. The summed E-state index contributed by atoms with van der Waals surface area (Å²) in [5.41, 5.74) is -0.454. The van der Waals surface area contributed by atoms with Gasteiger partial charge in [0.25, 0.3) is 0 Å². The predicted octanol–water partition coefficient (Wildman–Crippen LogP) is 1.81. The fourth-order valence-electron chi connectivity index (χ4n) is 2.75.